The Hall–Kier alpha value is -3.36. The molecule has 0 radical (unpaired) electrons. The molecule has 238 valence electrons. The number of carbonyl (C=O) groups excluding carboxylic acids is 1. The topological polar surface area (TPSA) is 173 Å². The molecular formula is C31H40N4O7S2. The quantitative estimate of drug-likeness (QED) is 0.0815. The molecule has 4 N–H and O–H groups in total. The van der Waals surface area contributed by atoms with Crippen molar-refractivity contribution in [1.29, 1.82) is 0 Å². The first-order valence-electron chi connectivity index (χ1n) is 14.5. The number of amides is 1. The van der Waals surface area contributed by atoms with Crippen LogP contribution < -0.4 is 16.2 Å². The van der Waals surface area contributed by atoms with Gasteiger partial charge in [0.1, 0.15) is 16.7 Å². The number of nitrogens with one attached hydrogen (secondary N) is 1. The molecule has 0 unspecified atom stereocenters. The second-order valence-corrected chi connectivity index (χ2v) is 14.9. The van der Waals surface area contributed by atoms with Gasteiger partial charge in [-0.2, -0.15) is 13.0 Å². The number of allylic oxidation sites excluding steroid dienone is 4. The number of nitrogens with zero attached hydrogens (tertiary/aromatic N) is 2. The van der Waals surface area contributed by atoms with Crippen LogP contribution in [0.15, 0.2) is 70.1 Å². The fraction of sp³-hybridized carbons (Fsp3) is 0.419. The normalized spacial score (nSPS) is 18.3. The van der Waals surface area contributed by atoms with Gasteiger partial charge in [0.05, 0.1) is 15.2 Å². The van der Waals surface area contributed by atoms with E-state index in [1.165, 1.54) is 24.3 Å². The highest BCUT2D eigenvalue weighted by molar-refractivity contribution is 7.86. The van der Waals surface area contributed by atoms with Gasteiger partial charge in [-0.25, -0.2) is 14.3 Å². The summed E-state index contributed by atoms with van der Waals surface area (Å²) in [4.78, 5) is 13.2. The van der Waals surface area contributed by atoms with Crippen molar-refractivity contribution in [2.45, 2.75) is 80.9 Å². The van der Waals surface area contributed by atoms with Crippen LogP contribution in [0, 0.1) is 0 Å². The number of hydrazine groups is 1. The molecule has 13 heteroatoms. The summed E-state index contributed by atoms with van der Waals surface area (Å²) in [6, 6.07) is 9.09. The lowest BCUT2D eigenvalue weighted by Crippen LogP contribution is -2.29. The molecule has 1 amide bonds. The molecule has 2 aliphatic heterocycles. The van der Waals surface area contributed by atoms with Gasteiger partial charge in [0, 0.05) is 53.9 Å². The predicted molar refractivity (Wildman–Crippen MR) is 168 cm³/mol. The van der Waals surface area contributed by atoms with Gasteiger partial charge < -0.3 is 9.45 Å². The molecule has 0 spiro atoms. The van der Waals surface area contributed by atoms with E-state index in [9.17, 15) is 30.7 Å². The van der Waals surface area contributed by atoms with Gasteiger partial charge in [-0.15, -0.1) is 0 Å². The molecule has 2 heterocycles. The Morgan fingerprint density at radius 2 is 1.66 bits per heavy atom. The molecule has 0 atom stereocenters. The zero-order valence-electron chi connectivity index (χ0n) is 25.6. The number of anilines is 1. The number of nitrogens with two attached hydrogens (primary N) is 1. The standard InChI is InChI=1S/C31H40N4O7S2/c1-6-34-25-16-14-21(43(37,38)39)19-23(25)30(2,3)27(34)11-10-12-28-31(4,5)24-20-22(44(40,41)42)15-17-26(24)35(28)18-9-7-8-13-29(36)33-32/h10-12,14-17,19-20H,6-9,13,18,32H2,1-5H3,(H2-,33,36,37,38,39,40,41,42). The number of likely N-dealkylation sites (N-methyl/N-ethyl adjacent to an activating group) is 1. The van der Waals surface area contributed by atoms with Crippen molar-refractivity contribution in [1.82, 2.24) is 5.43 Å². The summed E-state index contributed by atoms with van der Waals surface area (Å²) in [7, 11) is -9.01. The zero-order chi connectivity index (χ0) is 32.7. The van der Waals surface area contributed by atoms with E-state index in [1.807, 2.05) is 52.8 Å². The first-order chi connectivity index (χ1) is 20.4. The maximum absolute atomic E-state index is 12.0. The van der Waals surface area contributed by atoms with Crippen molar-refractivity contribution in [3.05, 3.63) is 71.5 Å². The minimum Gasteiger partial charge on any atom is -0.744 e. The molecule has 4 rings (SSSR count). The maximum Gasteiger partial charge on any atom is 0.294 e. The lowest BCUT2D eigenvalue weighted by molar-refractivity contribution is -0.438. The molecule has 0 saturated carbocycles. The minimum absolute atomic E-state index is 0.173. The monoisotopic (exact) mass is 644 g/mol. The Morgan fingerprint density at radius 1 is 1.00 bits per heavy atom. The van der Waals surface area contributed by atoms with Crippen LogP contribution in [0.5, 0.6) is 0 Å². The zero-order valence-corrected chi connectivity index (χ0v) is 27.3. The highest BCUT2D eigenvalue weighted by Crippen LogP contribution is 2.48. The number of rotatable bonds is 11. The summed E-state index contributed by atoms with van der Waals surface area (Å²) in [5.74, 6) is 4.96. The maximum atomic E-state index is 12.0. The van der Waals surface area contributed by atoms with Gasteiger partial charge in [0.15, 0.2) is 5.71 Å². The highest BCUT2D eigenvalue weighted by Gasteiger charge is 2.45. The van der Waals surface area contributed by atoms with Crippen LogP contribution >= 0.6 is 0 Å². The van der Waals surface area contributed by atoms with Crippen LogP contribution in [0.25, 0.3) is 0 Å². The van der Waals surface area contributed by atoms with Crippen molar-refractivity contribution in [2.24, 2.45) is 5.84 Å². The SMILES string of the molecule is CCN1/C(=C\C=C\C2=[N+](CCCCCC(=O)NN)c3ccc(S(=O)(=O)O)cc3C2(C)C)C(C)(C)c2cc(S(=O)(=O)[O-])ccc21. The molecular weight excluding hydrogens is 604 g/mol. The Kier molecular flexibility index (Phi) is 9.30. The van der Waals surface area contributed by atoms with E-state index >= 15 is 0 Å². The summed E-state index contributed by atoms with van der Waals surface area (Å²) in [6.07, 6.45) is 8.45. The van der Waals surface area contributed by atoms with Gasteiger partial charge in [0.2, 0.25) is 11.6 Å². The van der Waals surface area contributed by atoms with Crippen LogP contribution in [-0.4, -0.2) is 55.2 Å². The summed E-state index contributed by atoms with van der Waals surface area (Å²) in [5, 5.41) is 0. The number of carbonyl (C=O) groups is 1. The fourth-order valence-corrected chi connectivity index (χ4v) is 7.25. The Balaban J connectivity index is 1.73. The van der Waals surface area contributed by atoms with Crippen molar-refractivity contribution < 1.29 is 35.3 Å². The average Bonchev–Trinajstić information content (AvgIpc) is 3.29. The van der Waals surface area contributed by atoms with Crippen molar-refractivity contribution >= 4 is 43.2 Å². The van der Waals surface area contributed by atoms with E-state index in [4.69, 9.17) is 5.84 Å². The van der Waals surface area contributed by atoms with Crippen LogP contribution in [-0.2, 0) is 35.9 Å². The molecule has 0 aliphatic carbocycles. The second-order valence-electron chi connectivity index (χ2n) is 12.1. The third-order valence-electron chi connectivity index (χ3n) is 8.58. The predicted octanol–water partition coefficient (Wildman–Crippen LogP) is 4.02. The van der Waals surface area contributed by atoms with Gasteiger partial charge in [-0.1, -0.05) is 19.9 Å². The van der Waals surface area contributed by atoms with Crippen molar-refractivity contribution in [2.75, 3.05) is 18.0 Å². The molecule has 2 aromatic carbocycles. The van der Waals surface area contributed by atoms with Crippen LogP contribution in [0.3, 0.4) is 0 Å². The Morgan fingerprint density at radius 3 is 2.27 bits per heavy atom. The summed E-state index contributed by atoms with van der Waals surface area (Å²) in [5.41, 5.74) is 5.98. The molecule has 2 aromatic rings. The number of unbranched alkanes of at least 4 members (excludes halogenated alkanes) is 2. The largest absolute Gasteiger partial charge is 0.744 e. The number of fused-ring (bicyclic) bond motifs is 2. The third kappa shape index (κ3) is 6.38. The number of benzene rings is 2. The van der Waals surface area contributed by atoms with E-state index in [1.54, 1.807) is 12.1 Å². The minimum atomic E-state index is -4.61. The Labute approximate surface area is 259 Å². The fourth-order valence-electron chi connectivity index (χ4n) is 6.24. The van der Waals surface area contributed by atoms with Crippen LogP contribution in [0.4, 0.5) is 11.4 Å². The second kappa shape index (κ2) is 12.2. The average molecular weight is 645 g/mol. The first kappa shape index (κ1) is 33.5. The molecule has 2 aliphatic rings. The molecule has 44 heavy (non-hydrogen) atoms. The lowest BCUT2D eigenvalue weighted by atomic mass is 9.81. The molecule has 0 bridgehead atoms. The van der Waals surface area contributed by atoms with E-state index in [0.717, 1.165) is 46.8 Å². The van der Waals surface area contributed by atoms with Crippen LogP contribution in [0.1, 0.15) is 71.4 Å². The Bertz CT molecular complexity index is 1790. The molecule has 0 aromatic heterocycles. The van der Waals surface area contributed by atoms with Gasteiger partial charge in [0.25, 0.3) is 10.1 Å². The van der Waals surface area contributed by atoms with E-state index in [0.29, 0.717) is 25.9 Å². The summed E-state index contributed by atoms with van der Waals surface area (Å²) >= 11 is 0. The van der Waals surface area contributed by atoms with E-state index in [-0.39, 0.29) is 15.7 Å². The highest BCUT2D eigenvalue weighted by atomic mass is 32.2. The smallest absolute Gasteiger partial charge is 0.294 e. The van der Waals surface area contributed by atoms with E-state index in [2.05, 4.69) is 14.9 Å². The first-order valence-corrected chi connectivity index (χ1v) is 17.3. The van der Waals surface area contributed by atoms with Gasteiger partial charge in [-0.3, -0.25) is 14.8 Å². The van der Waals surface area contributed by atoms with E-state index < -0.39 is 31.1 Å². The molecule has 0 fully saturated rings. The summed E-state index contributed by atoms with van der Waals surface area (Å²) in [6.45, 7) is 11.2. The summed E-state index contributed by atoms with van der Waals surface area (Å²) < 4.78 is 71.0. The van der Waals surface area contributed by atoms with Gasteiger partial charge >= 0.3 is 0 Å². The van der Waals surface area contributed by atoms with Crippen molar-refractivity contribution in [3.8, 4) is 0 Å². The van der Waals surface area contributed by atoms with Crippen LogP contribution in [0.2, 0.25) is 0 Å². The van der Waals surface area contributed by atoms with Gasteiger partial charge in [-0.05, 0) is 75.6 Å². The number of hydrogen-bond donors (Lipinski definition) is 3. The third-order valence-corrected chi connectivity index (χ3v) is 10.3. The lowest BCUT2D eigenvalue weighted by Gasteiger charge is -2.25. The molecule has 0 saturated heterocycles. The molecule has 11 nitrogen and oxygen atoms in total. The van der Waals surface area contributed by atoms with Crippen molar-refractivity contribution in [3.63, 3.8) is 0 Å². The number of hydrogen-bond acceptors (Lipinski definition) is 8.